The topological polar surface area (TPSA) is 41.0 Å². The Morgan fingerprint density at radius 3 is 2.50 bits per heavy atom. The van der Waals surface area contributed by atoms with E-state index in [1.54, 1.807) is 0 Å². The SMILES string of the molecule is CSCC(C)N(C)c1ccc(CNC(C)C)nn1. The maximum atomic E-state index is 4.29. The zero-order valence-corrected chi connectivity index (χ0v) is 12.8. The molecule has 0 fully saturated rings. The fraction of sp³-hybridized carbons (Fsp3) is 0.692. The molecule has 0 amide bonds. The Morgan fingerprint density at radius 2 is 2.00 bits per heavy atom. The molecule has 0 radical (unpaired) electrons. The van der Waals surface area contributed by atoms with Crippen molar-refractivity contribution in [3.05, 3.63) is 17.8 Å². The van der Waals surface area contributed by atoms with E-state index in [1.165, 1.54) is 0 Å². The van der Waals surface area contributed by atoms with Crippen LogP contribution in [0, 0.1) is 0 Å². The van der Waals surface area contributed by atoms with Crippen LogP contribution >= 0.6 is 11.8 Å². The van der Waals surface area contributed by atoms with Crippen molar-refractivity contribution in [2.75, 3.05) is 24.0 Å². The van der Waals surface area contributed by atoms with Crippen LogP contribution in [0.1, 0.15) is 26.5 Å². The molecule has 4 nitrogen and oxygen atoms in total. The quantitative estimate of drug-likeness (QED) is 0.821. The third-order valence-corrected chi connectivity index (χ3v) is 3.64. The molecule has 1 rings (SSSR count). The zero-order valence-electron chi connectivity index (χ0n) is 12.0. The van der Waals surface area contributed by atoms with Gasteiger partial charge in [-0.2, -0.15) is 16.9 Å². The van der Waals surface area contributed by atoms with Crippen molar-refractivity contribution in [1.82, 2.24) is 15.5 Å². The molecule has 0 aliphatic rings. The van der Waals surface area contributed by atoms with Gasteiger partial charge in [-0.05, 0) is 25.3 Å². The van der Waals surface area contributed by atoms with E-state index in [-0.39, 0.29) is 0 Å². The van der Waals surface area contributed by atoms with Crippen LogP contribution in [0.2, 0.25) is 0 Å². The van der Waals surface area contributed by atoms with Crippen LogP contribution in [-0.4, -0.2) is 41.3 Å². The second-order valence-electron chi connectivity index (χ2n) is 4.83. The largest absolute Gasteiger partial charge is 0.355 e. The van der Waals surface area contributed by atoms with E-state index in [4.69, 9.17) is 0 Å². The Hall–Kier alpha value is -0.810. The molecular formula is C13H24N4S. The minimum atomic E-state index is 0.467. The van der Waals surface area contributed by atoms with Gasteiger partial charge in [0.2, 0.25) is 0 Å². The summed E-state index contributed by atoms with van der Waals surface area (Å²) in [6.45, 7) is 7.22. The summed E-state index contributed by atoms with van der Waals surface area (Å²) in [4.78, 5) is 2.17. The predicted molar refractivity (Wildman–Crippen MR) is 80.3 cm³/mol. The van der Waals surface area contributed by atoms with E-state index in [9.17, 15) is 0 Å². The van der Waals surface area contributed by atoms with E-state index in [0.29, 0.717) is 12.1 Å². The lowest BCUT2D eigenvalue weighted by molar-refractivity contribution is 0.577. The van der Waals surface area contributed by atoms with Gasteiger partial charge in [-0.1, -0.05) is 13.8 Å². The molecular weight excluding hydrogens is 244 g/mol. The average molecular weight is 268 g/mol. The van der Waals surface area contributed by atoms with Gasteiger partial charge in [0.05, 0.1) is 5.69 Å². The maximum Gasteiger partial charge on any atom is 0.151 e. The molecule has 0 aliphatic carbocycles. The summed E-state index contributed by atoms with van der Waals surface area (Å²) in [5, 5.41) is 11.9. The normalized spacial score (nSPS) is 12.8. The number of hydrogen-bond acceptors (Lipinski definition) is 5. The number of anilines is 1. The van der Waals surface area contributed by atoms with Gasteiger partial charge in [0.25, 0.3) is 0 Å². The van der Waals surface area contributed by atoms with E-state index < -0.39 is 0 Å². The monoisotopic (exact) mass is 268 g/mol. The lowest BCUT2D eigenvalue weighted by Gasteiger charge is -2.24. The van der Waals surface area contributed by atoms with Crippen LogP contribution in [0.5, 0.6) is 0 Å². The molecule has 102 valence electrons. The highest BCUT2D eigenvalue weighted by atomic mass is 32.2. The Labute approximate surface area is 115 Å². The third-order valence-electron chi connectivity index (χ3n) is 2.83. The zero-order chi connectivity index (χ0) is 13.5. The first kappa shape index (κ1) is 15.2. The molecule has 0 aliphatic heterocycles. The minimum absolute atomic E-state index is 0.467. The fourth-order valence-electron chi connectivity index (χ4n) is 1.52. The lowest BCUT2D eigenvalue weighted by atomic mass is 10.3. The van der Waals surface area contributed by atoms with E-state index in [0.717, 1.165) is 23.8 Å². The summed E-state index contributed by atoms with van der Waals surface area (Å²) in [5.74, 6) is 2.03. The molecule has 1 heterocycles. The molecule has 18 heavy (non-hydrogen) atoms. The van der Waals surface area contributed by atoms with Crippen molar-refractivity contribution in [1.29, 1.82) is 0 Å². The fourth-order valence-corrected chi connectivity index (χ4v) is 2.23. The Kier molecular flexibility index (Phi) is 6.43. The van der Waals surface area contributed by atoms with Crippen molar-refractivity contribution in [3.63, 3.8) is 0 Å². The highest BCUT2D eigenvalue weighted by Crippen LogP contribution is 2.13. The van der Waals surface area contributed by atoms with Crippen molar-refractivity contribution in [2.24, 2.45) is 0 Å². The van der Waals surface area contributed by atoms with Crippen molar-refractivity contribution in [3.8, 4) is 0 Å². The van der Waals surface area contributed by atoms with E-state index in [2.05, 4.69) is 54.5 Å². The molecule has 1 aromatic rings. The molecule has 1 unspecified atom stereocenters. The average Bonchev–Trinajstić information content (AvgIpc) is 2.36. The first-order valence-electron chi connectivity index (χ1n) is 6.32. The molecule has 0 aromatic carbocycles. The second-order valence-corrected chi connectivity index (χ2v) is 5.74. The Bertz CT molecular complexity index is 339. The summed E-state index contributed by atoms with van der Waals surface area (Å²) >= 11 is 1.85. The maximum absolute atomic E-state index is 4.29. The lowest BCUT2D eigenvalue weighted by Crippen LogP contribution is -2.31. The van der Waals surface area contributed by atoms with Gasteiger partial charge in [-0.15, -0.1) is 5.10 Å². The van der Waals surface area contributed by atoms with E-state index in [1.807, 2.05) is 23.9 Å². The number of rotatable bonds is 7. The van der Waals surface area contributed by atoms with Crippen LogP contribution in [0.25, 0.3) is 0 Å². The van der Waals surface area contributed by atoms with Gasteiger partial charge in [-0.3, -0.25) is 0 Å². The van der Waals surface area contributed by atoms with Crippen molar-refractivity contribution >= 4 is 17.6 Å². The first-order chi connectivity index (χ1) is 8.54. The highest BCUT2D eigenvalue weighted by molar-refractivity contribution is 7.98. The van der Waals surface area contributed by atoms with Crippen LogP contribution in [0.4, 0.5) is 5.82 Å². The van der Waals surface area contributed by atoms with Gasteiger partial charge in [0.1, 0.15) is 0 Å². The van der Waals surface area contributed by atoms with Crippen molar-refractivity contribution < 1.29 is 0 Å². The smallest absolute Gasteiger partial charge is 0.151 e. The Balaban J connectivity index is 2.58. The summed E-state index contributed by atoms with van der Waals surface area (Å²) in [7, 11) is 2.07. The molecule has 0 saturated heterocycles. The van der Waals surface area contributed by atoms with Gasteiger partial charge in [0.15, 0.2) is 5.82 Å². The molecule has 1 N–H and O–H groups in total. The number of aromatic nitrogens is 2. The van der Waals surface area contributed by atoms with Crippen molar-refractivity contribution in [2.45, 2.75) is 39.4 Å². The van der Waals surface area contributed by atoms with Gasteiger partial charge in [-0.25, -0.2) is 0 Å². The summed E-state index contributed by atoms with van der Waals surface area (Å²) < 4.78 is 0. The van der Waals surface area contributed by atoms with Gasteiger partial charge < -0.3 is 10.2 Å². The second kappa shape index (κ2) is 7.59. The third kappa shape index (κ3) is 4.82. The van der Waals surface area contributed by atoms with Gasteiger partial charge >= 0.3 is 0 Å². The standard InChI is InChI=1S/C13H24N4S/c1-10(2)14-8-12-6-7-13(16-15-12)17(4)11(3)9-18-5/h6-7,10-11,14H,8-9H2,1-5H3. The molecule has 1 atom stereocenters. The van der Waals surface area contributed by atoms with E-state index >= 15 is 0 Å². The predicted octanol–water partition coefficient (Wildman–Crippen LogP) is 2.16. The molecule has 0 spiro atoms. The number of nitrogens with zero attached hydrogens (tertiary/aromatic N) is 3. The van der Waals surface area contributed by atoms with Gasteiger partial charge in [0, 0.05) is 31.4 Å². The Morgan fingerprint density at radius 1 is 1.28 bits per heavy atom. The number of hydrogen-bond donors (Lipinski definition) is 1. The minimum Gasteiger partial charge on any atom is -0.355 e. The molecule has 1 aromatic heterocycles. The highest BCUT2D eigenvalue weighted by Gasteiger charge is 2.11. The summed E-state index contributed by atoms with van der Waals surface area (Å²) in [5.41, 5.74) is 0.985. The number of nitrogens with one attached hydrogen (secondary N) is 1. The molecule has 0 bridgehead atoms. The first-order valence-corrected chi connectivity index (χ1v) is 7.71. The summed E-state index contributed by atoms with van der Waals surface area (Å²) in [6, 6.07) is 5.02. The van der Waals surface area contributed by atoms with Crippen LogP contribution in [-0.2, 0) is 6.54 Å². The van der Waals surface area contributed by atoms with Crippen LogP contribution in [0.3, 0.4) is 0 Å². The van der Waals surface area contributed by atoms with Crippen LogP contribution in [0.15, 0.2) is 12.1 Å². The number of thioether (sulfide) groups is 1. The molecule has 0 saturated carbocycles. The van der Waals surface area contributed by atoms with Crippen LogP contribution < -0.4 is 10.2 Å². The molecule has 5 heteroatoms. The summed E-state index contributed by atoms with van der Waals surface area (Å²) in [6.07, 6.45) is 2.12.